The van der Waals surface area contributed by atoms with Crippen molar-refractivity contribution in [2.75, 3.05) is 27.2 Å². The van der Waals surface area contributed by atoms with Gasteiger partial charge in [0.05, 0.1) is 14.1 Å². The molecule has 0 unspecified atom stereocenters. The average molecular weight is 262 g/mol. The van der Waals surface area contributed by atoms with Gasteiger partial charge < -0.3 is 0 Å². The number of halogens is 7. The first-order valence-electron chi connectivity index (χ1n) is 3.68. The van der Waals surface area contributed by atoms with Gasteiger partial charge in [0.2, 0.25) is 0 Å². The van der Waals surface area contributed by atoms with Gasteiger partial charge in [-0.15, -0.1) is 4.39 Å². The second-order valence-electron chi connectivity index (χ2n) is 3.11. The Bertz CT molecular complexity index is 258. The summed E-state index contributed by atoms with van der Waals surface area (Å²) in [6, 6.07) is 0. The van der Waals surface area contributed by atoms with Crippen molar-refractivity contribution in [3.05, 3.63) is 0 Å². The summed E-state index contributed by atoms with van der Waals surface area (Å²) >= 11 is 0. The molecule has 0 aromatic carbocycles. The van der Waals surface area contributed by atoms with Gasteiger partial charge in [-0.3, -0.25) is 0 Å². The number of rotatable bonds is 0. The van der Waals surface area contributed by atoms with Crippen LogP contribution in [0, 0.1) is 0 Å². The molecule has 0 spiro atoms. The number of hydrogen-bond acceptors (Lipinski definition) is 0. The Labute approximate surface area is 81.2 Å². The molecule has 0 saturated carbocycles. The number of amidine groups is 1. The molecule has 0 amide bonds. The van der Waals surface area contributed by atoms with Crippen LogP contribution in [0.25, 0.3) is 0 Å². The van der Waals surface area contributed by atoms with Gasteiger partial charge in [0, 0.05) is 0 Å². The van der Waals surface area contributed by atoms with E-state index in [1.165, 1.54) is 4.58 Å². The van der Waals surface area contributed by atoms with Crippen molar-refractivity contribution in [2.24, 2.45) is 0 Å². The summed E-state index contributed by atoms with van der Waals surface area (Å²) in [4.78, 5) is 1.67. The van der Waals surface area contributed by atoms with Gasteiger partial charge in [0.15, 0.2) is 0 Å². The molecule has 1 aliphatic rings. The van der Waals surface area contributed by atoms with Crippen LogP contribution >= 0.6 is 7.81 Å². The van der Waals surface area contributed by atoms with Gasteiger partial charge >= 0.3 is 39.1 Å². The molecule has 15 heavy (non-hydrogen) atoms. The zero-order chi connectivity index (χ0) is 12.6. The molecule has 0 aromatic rings. The minimum absolute atomic E-state index is 0.120. The van der Waals surface area contributed by atoms with Crippen LogP contribution in [0.4, 0.5) is 29.6 Å². The molecular weight excluding hydrogens is 252 g/mol. The molecule has 1 heterocycles. The van der Waals surface area contributed by atoms with E-state index in [9.17, 15) is 29.6 Å². The van der Waals surface area contributed by atoms with E-state index in [0.717, 1.165) is 13.1 Å². The van der Waals surface area contributed by atoms with Crippen molar-refractivity contribution in [1.82, 2.24) is 4.90 Å². The van der Waals surface area contributed by atoms with E-state index in [4.69, 9.17) is 0 Å². The SMILES string of the molecule is C[N+](C)=C(F)N1CC1.F[P-](F)(F)(F)(F)F. The first kappa shape index (κ1) is 14.4. The summed E-state index contributed by atoms with van der Waals surface area (Å²) in [5.41, 5.74) is 0. The van der Waals surface area contributed by atoms with Crippen LogP contribution in [-0.2, 0) is 0 Å². The summed E-state index contributed by atoms with van der Waals surface area (Å²) in [7, 11) is -7.25. The van der Waals surface area contributed by atoms with Gasteiger partial charge in [-0.25, -0.2) is 9.48 Å². The predicted molar refractivity (Wildman–Crippen MR) is 43.4 cm³/mol. The van der Waals surface area contributed by atoms with Crippen molar-refractivity contribution in [3.8, 4) is 0 Å². The Morgan fingerprint density at radius 1 is 1.00 bits per heavy atom. The molecular formula is C5H10F7N2P. The third-order valence-electron chi connectivity index (χ3n) is 1.08. The Morgan fingerprint density at radius 3 is 1.33 bits per heavy atom. The van der Waals surface area contributed by atoms with Crippen molar-refractivity contribution in [2.45, 2.75) is 0 Å². The summed E-state index contributed by atoms with van der Waals surface area (Å²) in [5.74, 6) is 0. The molecule has 1 saturated heterocycles. The summed E-state index contributed by atoms with van der Waals surface area (Å²) < 4.78 is 73.2. The van der Waals surface area contributed by atoms with Crippen molar-refractivity contribution < 1.29 is 34.1 Å². The minimum atomic E-state index is -10.7. The van der Waals surface area contributed by atoms with Crippen LogP contribution in [-0.4, -0.2) is 42.7 Å². The van der Waals surface area contributed by atoms with Crippen molar-refractivity contribution in [3.63, 3.8) is 0 Å². The monoisotopic (exact) mass is 262 g/mol. The van der Waals surface area contributed by atoms with Crippen molar-refractivity contribution in [1.29, 1.82) is 0 Å². The van der Waals surface area contributed by atoms with Gasteiger partial charge in [0.25, 0.3) is 0 Å². The molecule has 1 aliphatic heterocycles. The molecule has 0 aromatic heterocycles. The third kappa shape index (κ3) is 16.1. The number of nitrogens with zero attached hydrogens (tertiary/aromatic N) is 2. The van der Waals surface area contributed by atoms with Crippen LogP contribution in [0.5, 0.6) is 0 Å². The van der Waals surface area contributed by atoms with E-state index in [1.54, 1.807) is 19.0 Å². The Hall–Kier alpha value is -0.590. The fourth-order valence-electron chi connectivity index (χ4n) is 0.517. The Kier molecular flexibility index (Phi) is 3.07. The van der Waals surface area contributed by atoms with E-state index in [2.05, 4.69) is 0 Å². The fourth-order valence-corrected chi connectivity index (χ4v) is 0.517. The van der Waals surface area contributed by atoms with Crippen LogP contribution < -0.4 is 0 Å². The van der Waals surface area contributed by atoms with E-state index >= 15 is 0 Å². The number of hydrogen-bond donors (Lipinski definition) is 0. The first-order chi connectivity index (χ1) is 6.16. The predicted octanol–water partition coefficient (Wildman–Crippen LogP) is 3.28. The van der Waals surface area contributed by atoms with Crippen LogP contribution in [0.15, 0.2) is 0 Å². The zero-order valence-electron chi connectivity index (χ0n) is 7.90. The molecule has 2 nitrogen and oxygen atoms in total. The van der Waals surface area contributed by atoms with Crippen LogP contribution in [0.3, 0.4) is 0 Å². The van der Waals surface area contributed by atoms with Gasteiger partial charge in [-0.2, -0.15) is 0 Å². The molecule has 1 rings (SSSR count). The summed E-state index contributed by atoms with van der Waals surface area (Å²) in [6.07, 6.45) is -0.120. The van der Waals surface area contributed by atoms with Gasteiger partial charge in [-0.1, -0.05) is 0 Å². The molecule has 0 aliphatic carbocycles. The first-order valence-corrected chi connectivity index (χ1v) is 5.71. The second kappa shape index (κ2) is 3.20. The van der Waals surface area contributed by atoms with E-state index in [-0.39, 0.29) is 6.09 Å². The molecule has 0 radical (unpaired) electrons. The maximum atomic E-state index is 12.5. The topological polar surface area (TPSA) is 6.02 Å². The maximum absolute atomic E-state index is 12.5. The third-order valence-corrected chi connectivity index (χ3v) is 1.08. The average Bonchev–Trinajstić information content (AvgIpc) is 2.58. The molecule has 0 atom stereocenters. The molecule has 94 valence electrons. The van der Waals surface area contributed by atoms with Gasteiger partial charge in [0.1, 0.15) is 13.1 Å². The van der Waals surface area contributed by atoms with E-state index in [1.807, 2.05) is 0 Å². The van der Waals surface area contributed by atoms with Gasteiger partial charge in [-0.05, 0) is 0 Å². The summed E-state index contributed by atoms with van der Waals surface area (Å²) in [6.45, 7) is 1.76. The van der Waals surface area contributed by atoms with E-state index in [0.29, 0.717) is 0 Å². The Balaban J connectivity index is 0.000000265. The van der Waals surface area contributed by atoms with Crippen LogP contribution in [0.1, 0.15) is 0 Å². The fraction of sp³-hybridized carbons (Fsp3) is 0.800. The second-order valence-corrected chi connectivity index (χ2v) is 5.03. The van der Waals surface area contributed by atoms with Crippen LogP contribution in [0.2, 0.25) is 0 Å². The van der Waals surface area contributed by atoms with Crippen molar-refractivity contribution >= 4 is 13.9 Å². The normalized spacial score (nSPS) is 19.4. The van der Waals surface area contributed by atoms with E-state index < -0.39 is 7.81 Å². The summed E-state index contributed by atoms with van der Waals surface area (Å²) in [5, 5.41) is 0. The molecule has 0 N–H and O–H groups in total. The standard InChI is InChI=1S/C5H10FN2.F6P/c1-7(2)5(6)8-3-4-8;1-7(2,3,4,5)6/h3-4H2,1-2H3;/q+1;-1. The molecule has 10 heteroatoms. The molecule has 1 fully saturated rings. The Morgan fingerprint density at radius 2 is 1.27 bits per heavy atom. The molecule has 0 bridgehead atoms. The zero-order valence-corrected chi connectivity index (χ0v) is 8.80. The quantitative estimate of drug-likeness (QED) is 0.123.